The van der Waals surface area contributed by atoms with Crippen LogP contribution in [0.2, 0.25) is 0 Å². The average Bonchev–Trinajstić information content (AvgIpc) is 2.67. The molecule has 3 rings (SSSR count). The molecule has 1 fully saturated rings. The lowest BCUT2D eigenvalue weighted by atomic mass is 10.1. The SMILES string of the molecule is O=C(c1ccc([N+](=O)[O-])cc1)N1CCC[C@@H](OCc2ccccc2)C1. The fourth-order valence-corrected chi connectivity index (χ4v) is 2.96. The molecule has 0 unspecified atom stereocenters. The molecule has 0 saturated carbocycles. The largest absolute Gasteiger partial charge is 0.372 e. The van der Waals surface area contributed by atoms with Gasteiger partial charge in [0.05, 0.1) is 17.6 Å². The molecule has 1 atom stereocenters. The summed E-state index contributed by atoms with van der Waals surface area (Å²) in [6.07, 6.45) is 1.82. The normalized spacial score (nSPS) is 17.3. The summed E-state index contributed by atoms with van der Waals surface area (Å²) in [5.74, 6) is -0.108. The molecule has 0 aliphatic carbocycles. The first kappa shape index (κ1) is 17.1. The average molecular weight is 340 g/mol. The third-order valence-electron chi connectivity index (χ3n) is 4.32. The molecule has 1 saturated heterocycles. The smallest absolute Gasteiger partial charge is 0.269 e. The lowest BCUT2D eigenvalue weighted by molar-refractivity contribution is -0.384. The predicted molar refractivity (Wildman–Crippen MR) is 93.3 cm³/mol. The Morgan fingerprint density at radius 1 is 1.16 bits per heavy atom. The van der Waals surface area contributed by atoms with Crippen LogP contribution >= 0.6 is 0 Å². The number of rotatable bonds is 5. The van der Waals surface area contributed by atoms with Gasteiger partial charge in [0.15, 0.2) is 0 Å². The van der Waals surface area contributed by atoms with Crippen LogP contribution in [0.1, 0.15) is 28.8 Å². The summed E-state index contributed by atoms with van der Waals surface area (Å²) in [7, 11) is 0. The van der Waals surface area contributed by atoms with E-state index in [-0.39, 0.29) is 17.7 Å². The Bertz CT molecular complexity index is 731. The van der Waals surface area contributed by atoms with Gasteiger partial charge in [-0.05, 0) is 30.5 Å². The van der Waals surface area contributed by atoms with Crippen LogP contribution in [0, 0.1) is 10.1 Å². The van der Waals surface area contributed by atoms with Crippen molar-refractivity contribution in [3.8, 4) is 0 Å². The van der Waals surface area contributed by atoms with Gasteiger partial charge in [-0.15, -0.1) is 0 Å². The molecule has 1 aliphatic heterocycles. The standard InChI is InChI=1S/C19H20N2O4/c22-19(16-8-10-17(11-9-16)21(23)24)20-12-4-7-18(13-20)25-14-15-5-2-1-3-6-15/h1-3,5-6,8-11,18H,4,7,12-14H2/t18-/m1/s1. The lowest BCUT2D eigenvalue weighted by Gasteiger charge is -2.32. The van der Waals surface area contributed by atoms with Crippen LogP contribution in [-0.4, -0.2) is 34.9 Å². The highest BCUT2D eigenvalue weighted by Gasteiger charge is 2.25. The van der Waals surface area contributed by atoms with E-state index in [2.05, 4.69) is 0 Å². The fourth-order valence-electron chi connectivity index (χ4n) is 2.96. The summed E-state index contributed by atoms with van der Waals surface area (Å²) in [5, 5.41) is 10.7. The van der Waals surface area contributed by atoms with Crippen LogP contribution in [0.15, 0.2) is 54.6 Å². The molecule has 2 aromatic rings. The number of hydrogen-bond acceptors (Lipinski definition) is 4. The first-order valence-corrected chi connectivity index (χ1v) is 8.33. The Kier molecular flexibility index (Phi) is 5.40. The van der Waals surface area contributed by atoms with Crippen LogP contribution in [0.4, 0.5) is 5.69 Å². The van der Waals surface area contributed by atoms with Gasteiger partial charge in [-0.3, -0.25) is 14.9 Å². The van der Waals surface area contributed by atoms with Gasteiger partial charge < -0.3 is 9.64 Å². The van der Waals surface area contributed by atoms with Gasteiger partial charge in [0.2, 0.25) is 0 Å². The summed E-state index contributed by atoms with van der Waals surface area (Å²) in [6.45, 7) is 1.76. The number of nitro benzene ring substituents is 1. The molecule has 0 spiro atoms. The van der Waals surface area contributed by atoms with Gasteiger partial charge in [-0.1, -0.05) is 30.3 Å². The van der Waals surface area contributed by atoms with Crippen molar-refractivity contribution >= 4 is 11.6 Å². The number of hydrogen-bond donors (Lipinski definition) is 0. The van der Waals surface area contributed by atoms with Crippen LogP contribution in [-0.2, 0) is 11.3 Å². The second-order valence-electron chi connectivity index (χ2n) is 6.12. The molecule has 0 radical (unpaired) electrons. The first-order chi connectivity index (χ1) is 12.1. The third-order valence-corrected chi connectivity index (χ3v) is 4.32. The topological polar surface area (TPSA) is 72.7 Å². The Balaban J connectivity index is 1.58. The highest BCUT2D eigenvalue weighted by Crippen LogP contribution is 2.19. The Hall–Kier alpha value is -2.73. The highest BCUT2D eigenvalue weighted by atomic mass is 16.6. The summed E-state index contributed by atoms with van der Waals surface area (Å²) in [5.41, 5.74) is 1.56. The fraction of sp³-hybridized carbons (Fsp3) is 0.316. The van der Waals surface area contributed by atoms with Crippen LogP contribution < -0.4 is 0 Å². The Morgan fingerprint density at radius 3 is 2.56 bits per heavy atom. The first-order valence-electron chi connectivity index (χ1n) is 8.33. The Morgan fingerprint density at radius 2 is 1.88 bits per heavy atom. The number of likely N-dealkylation sites (tertiary alicyclic amines) is 1. The van der Waals surface area contributed by atoms with Crippen molar-refractivity contribution in [3.63, 3.8) is 0 Å². The molecule has 1 amide bonds. The van der Waals surface area contributed by atoms with Crippen molar-refractivity contribution in [3.05, 3.63) is 75.8 Å². The summed E-state index contributed by atoms with van der Waals surface area (Å²) < 4.78 is 5.95. The van der Waals surface area contributed by atoms with Gasteiger partial charge in [-0.2, -0.15) is 0 Å². The molecule has 6 heteroatoms. The van der Waals surface area contributed by atoms with Crippen LogP contribution in [0.3, 0.4) is 0 Å². The predicted octanol–water partition coefficient (Wildman–Crippen LogP) is 3.42. The minimum absolute atomic E-state index is 0.0101. The lowest BCUT2D eigenvalue weighted by Crippen LogP contribution is -2.43. The van der Waals surface area contributed by atoms with E-state index < -0.39 is 4.92 Å². The summed E-state index contributed by atoms with van der Waals surface area (Å²) in [4.78, 5) is 24.6. The Labute approximate surface area is 146 Å². The van der Waals surface area contributed by atoms with Gasteiger partial charge in [0.1, 0.15) is 0 Å². The highest BCUT2D eigenvalue weighted by molar-refractivity contribution is 5.94. The molecule has 2 aromatic carbocycles. The number of amides is 1. The van der Waals surface area contributed by atoms with E-state index in [4.69, 9.17) is 4.74 Å². The molecule has 0 bridgehead atoms. The van der Waals surface area contributed by atoms with Crippen molar-refractivity contribution in [2.24, 2.45) is 0 Å². The molecule has 0 aromatic heterocycles. The number of carbonyl (C=O) groups is 1. The van der Waals surface area contributed by atoms with Crippen molar-refractivity contribution < 1.29 is 14.5 Å². The molecule has 1 heterocycles. The molecular formula is C19H20N2O4. The van der Waals surface area contributed by atoms with E-state index in [0.29, 0.717) is 25.3 Å². The van der Waals surface area contributed by atoms with Gasteiger partial charge in [0.25, 0.3) is 11.6 Å². The number of benzene rings is 2. The minimum atomic E-state index is -0.470. The van der Waals surface area contributed by atoms with Gasteiger partial charge >= 0.3 is 0 Å². The van der Waals surface area contributed by atoms with Crippen molar-refractivity contribution in [2.75, 3.05) is 13.1 Å². The number of nitro groups is 1. The van der Waals surface area contributed by atoms with Gasteiger partial charge in [0, 0.05) is 30.8 Å². The van der Waals surface area contributed by atoms with E-state index in [1.54, 1.807) is 4.90 Å². The maximum Gasteiger partial charge on any atom is 0.269 e. The van der Waals surface area contributed by atoms with Crippen molar-refractivity contribution in [1.82, 2.24) is 4.90 Å². The molecule has 130 valence electrons. The second kappa shape index (κ2) is 7.90. The maximum absolute atomic E-state index is 12.6. The zero-order valence-corrected chi connectivity index (χ0v) is 13.8. The molecule has 0 N–H and O–H groups in total. The van der Waals surface area contributed by atoms with Crippen LogP contribution in [0.25, 0.3) is 0 Å². The number of ether oxygens (including phenoxy) is 1. The summed E-state index contributed by atoms with van der Waals surface area (Å²) in [6, 6.07) is 15.7. The molecule has 25 heavy (non-hydrogen) atoms. The monoisotopic (exact) mass is 340 g/mol. The number of piperidine rings is 1. The molecular weight excluding hydrogens is 320 g/mol. The van der Waals surface area contributed by atoms with E-state index in [9.17, 15) is 14.9 Å². The zero-order chi connectivity index (χ0) is 17.6. The van der Waals surface area contributed by atoms with E-state index in [1.165, 1.54) is 24.3 Å². The van der Waals surface area contributed by atoms with Crippen LogP contribution in [0.5, 0.6) is 0 Å². The molecule has 1 aliphatic rings. The van der Waals surface area contributed by atoms with Crippen molar-refractivity contribution in [2.45, 2.75) is 25.6 Å². The summed E-state index contributed by atoms with van der Waals surface area (Å²) >= 11 is 0. The van der Waals surface area contributed by atoms with Crippen molar-refractivity contribution in [1.29, 1.82) is 0 Å². The zero-order valence-electron chi connectivity index (χ0n) is 13.8. The third kappa shape index (κ3) is 4.42. The maximum atomic E-state index is 12.6. The second-order valence-corrected chi connectivity index (χ2v) is 6.12. The minimum Gasteiger partial charge on any atom is -0.372 e. The van der Waals surface area contributed by atoms with E-state index >= 15 is 0 Å². The number of carbonyl (C=O) groups excluding carboxylic acids is 1. The number of nitrogens with zero attached hydrogens (tertiary/aromatic N) is 2. The van der Waals surface area contributed by atoms with E-state index in [1.807, 2.05) is 30.3 Å². The number of non-ortho nitro benzene ring substituents is 1. The molecule has 6 nitrogen and oxygen atoms in total. The quantitative estimate of drug-likeness (QED) is 0.617. The van der Waals surface area contributed by atoms with E-state index in [0.717, 1.165) is 18.4 Å². The van der Waals surface area contributed by atoms with Gasteiger partial charge in [-0.25, -0.2) is 0 Å².